The van der Waals surface area contributed by atoms with Gasteiger partial charge in [-0.25, -0.2) is 4.98 Å². The van der Waals surface area contributed by atoms with Gasteiger partial charge >= 0.3 is 0 Å². The fourth-order valence-corrected chi connectivity index (χ4v) is 4.80. The summed E-state index contributed by atoms with van der Waals surface area (Å²) in [5.74, 6) is 2.11. The fraction of sp³-hybridized carbons (Fsp3) is 0.476. The van der Waals surface area contributed by atoms with E-state index in [1.165, 1.54) is 11.1 Å². The molecule has 7 nitrogen and oxygen atoms in total. The highest BCUT2D eigenvalue weighted by atomic mass is 16.5. The number of anilines is 1. The summed E-state index contributed by atoms with van der Waals surface area (Å²) >= 11 is 0. The van der Waals surface area contributed by atoms with Crippen LogP contribution in [0.3, 0.4) is 0 Å². The van der Waals surface area contributed by atoms with Crippen molar-refractivity contribution in [1.82, 2.24) is 26.0 Å². The van der Waals surface area contributed by atoms with Gasteiger partial charge in [0.25, 0.3) is 5.71 Å². The Hall–Kier alpha value is -2.51. The maximum atomic E-state index is 5.31. The minimum absolute atomic E-state index is 0.465. The third-order valence-corrected chi connectivity index (χ3v) is 6.26. The third-order valence-electron chi connectivity index (χ3n) is 6.26. The number of hydrogen-bond acceptors (Lipinski definition) is 7. The van der Waals surface area contributed by atoms with Gasteiger partial charge in [0.1, 0.15) is 17.5 Å². The van der Waals surface area contributed by atoms with Crippen molar-refractivity contribution < 1.29 is 4.52 Å². The largest absolute Gasteiger partial charge is 0.356 e. The predicted molar refractivity (Wildman–Crippen MR) is 108 cm³/mol. The molecule has 2 atom stereocenters. The number of hydrogen-bond donors (Lipinski definition) is 2. The molecule has 7 heteroatoms. The molecule has 2 fully saturated rings. The molecule has 2 aromatic heterocycles. The molecular formula is C21H26N6O. The summed E-state index contributed by atoms with van der Waals surface area (Å²) in [6.45, 7) is 7.08. The first-order valence-electron chi connectivity index (χ1n) is 10.1. The van der Waals surface area contributed by atoms with Crippen molar-refractivity contribution in [3.63, 3.8) is 0 Å². The molecule has 2 saturated heterocycles. The van der Waals surface area contributed by atoms with Gasteiger partial charge < -0.3 is 9.42 Å². The maximum Gasteiger partial charge on any atom is 0.263 e. The molecule has 3 aromatic rings. The predicted octanol–water partition coefficient (Wildman–Crippen LogP) is 2.71. The molecule has 5 rings (SSSR count). The lowest BCUT2D eigenvalue weighted by Crippen LogP contribution is -2.44. The number of aryl methyl sites for hydroxylation is 2. The Bertz CT molecular complexity index is 978. The zero-order valence-electron chi connectivity index (χ0n) is 16.4. The molecule has 0 aliphatic carbocycles. The zero-order chi connectivity index (χ0) is 19.1. The van der Waals surface area contributed by atoms with Gasteiger partial charge in [-0.2, -0.15) is 4.98 Å². The molecule has 4 heterocycles. The second-order valence-electron chi connectivity index (χ2n) is 8.04. The number of benzene rings is 1. The summed E-state index contributed by atoms with van der Waals surface area (Å²) < 4.78 is 5.31. The maximum absolute atomic E-state index is 5.31. The Morgan fingerprint density at radius 2 is 2.00 bits per heavy atom. The Kier molecular flexibility index (Phi) is 4.49. The van der Waals surface area contributed by atoms with Crippen molar-refractivity contribution in [3.8, 4) is 0 Å². The van der Waals surface area contributed by atoms with Crippen molar-refractivity contribution in [3.05, 3.63) is 47.4 Å². The van der Waals surface area contributed by atoms with Gasteiger partial charge in [0.05, 0.1) is 5.69 Å². The van der Waals surface area contributed by atoms with Crippen molar-refractivity contribution in [2.75, 3.05) is 24.5 Å². The highest BCUT2D eigenvalue weighted by Crippen LogP contribution is 2.35. The number of aromatic nitrogens is 3. The lowest BCUT2D eigenvalue weighted by Gasteiger charge is -2.37. The Morgan fingerprint density at radius 3 is 2.82 bits per heavy atom. The molecule has 0 bridgehead atoms. The molecule has 2 unspecified atom stereocenters. The molecular weight excluding hydrogens is 352 g/mol. The van der Waals surface area contributed by atoms with Gasteiger partial charge in [-0.3, -0.25) is 10.9 Å². The molecule has 0 spiro atoms. The van der Waals surface area contributed by atoms with Crippen molar-refractivity contribution in [1.29, 1.82) is 0 Å². The van der Waals surface area contributed by atoms with Crippen LogP contribution in [-0.4, -0.2) is 40.8 Å². The minimum atomic E-state index is 0.465. The smallest absolute Gasteiger partial charge is 0.263 e. The summed E-state index contributed by atoms with van der Waals surface area (Å²) in [5.41, 5.74) is 11.2. The monoisotopic (exact) mass is 378 g/mol. The van der Waals surface area contributed by atoms with E-state index >= 15 is 0 Å². The summed E-state index contributed by atoms with van der Waals surface area (Å²) in [6, 6.07) is 9.40. The Balaban J connectivity index is 1.32. The second-order valence-corrected chi connectivity index (χ2v) is 8.04. The normalized spacial score (nSPS) is 23.6. The molecule has 28 heavy (non-hydrogen) atoms. The van der Waals surface area contributed by atoms with E-state index in [0.29, 0.717) is 23.6 Å². The van der Waals surface area contributed by atoms with Crippen molar-refractivity contribution >= 4 is 16.9 Å². The standard InChI is InChI=1S/C21H26N6O/c1-13-4-3-5-16(10-13)17-11-24-25-19(17)15-6-8-27(9-7-15)20-18-14(2)26-28-21(18)23-12-22-20/h3-5,10,12,15,17,19,24-25H,6-9,11H2,1-2H3. The van der Waals surface area contributed by atoms with E-state index in [-0.39, 0.29) is 0 Å². The van der Waals surface area contributed by atoms with Gasteiger partial charge in [-0.05, 0) is 38.2 Å². The molecule has 0 saturated carbocycles. The highest BCUT2D eigenvalue weighted by molar-refractivity contribution is 5.87. The van der Waals surface area contributed by atoms with Crippen LogP contribution in [0.2, 0.25) is 0 Å². The van der Waals surface area contributed by atoms with E-state index in [9.17, 15) is 0 Å². The Labute approximate surface area is 164 Å². The molecule has 2 N–H and O–H groups in total. The average Bonchev–Trinajstić information content (AvgIpc) is 3.35. The molecule has 1 aromatic carbocycles. The molecule has 0 amide bonds. The molecule has 2 aliphatic heterocycles. The van der Waals surface area contributed by atoms with Gasteiger partial charge in [-0.1, -0.05) is 35.0 Å². The first-order chi connectivity index (χ1) is 13.7. The van der Waals surface area contributed by atoms with Crippen LogP contribution < -0.4 is 15.8 Å². The number of rotatable bonds is 3. The van der Waals surface area contributed by atoms with E-state index in [2.05, 4.69) is 62.1 Å². The fourth-order valence-electron chi connectivity index (χ4n) is 4.80. The van der Waals surface area contributed by atoms with Gasteiger partial charge in [0.15, 0.2) is 0 Å². The van der Waals surface area contributed by atoms with E-state index in [1.54, 1.807) is 6.33 Å². The lowest BCUT2D eigenvalue weighted by molar-refractivity contribution is 0.295. The minimum Gasteiger partial charge on any atom is -0.356 e. The zero-order valence-corrected chi connectivity index (χ0v) is 16.4. The van der Waals surface area contributed by atoms with E-state index in [4.69, 9.17) is 4.52 Å². The summed E-state index contributed by atoms with van der Waals surface area (Å²) in [4.78, 5) is 11.1. The second kappa shape index (κ2) is 7.14. The molecule has 0 radical (unpaired) electrons. The summed E-state index contributed by atoms with van der Waals surface area (Å²) in [6.07, 6.45) is 3.85. The van der Waals surface area contributed by atoms with Crippen LogP contribution in [0, 0.1) is 19.8 Å². The molecule has 146 valence electrons. The van der Waals surface area contributed by atoms with Crippen LogP contribution in [-0.2, 0) is 0 Å². The number of piperidine rings is 1. The lowest BCUT2D eigenvalue weighted by atomic mass is 9.80. The highest BCUT2D eigenvalue weighted by Gasteiger charge is 2.36. The first-order valence-corrected chi connectivity index (χ1v) is 10.1. The van der Waals surface area contributed by atoms with Gasteiger partial charge in [-0.15, -0.1) is 0 Å². The Morgan fingerprint density at radius 1 is 1.14 bits per heavy atom. The number of fused-ring (bicyclic) bond motifs is 1. The van der Waals surface area contributed by atoms with Crippen molar-refractivity contribution in [2.24, 2.45) is 5.92 Å². The van der Waals surface area contributed by atoms with E-state index < -0.39 is 0 Å². The van der Waals surface area contributed by atoms with Gasteiger partial charge in [0, 0.05) is 31.6 Å². The quantitative estimate of drug-likeness (QED) is 0.725. The van der Waals surface area contributed by atoms with E-state index in [0.717, 1.165) is 49.4 Å². The van der Waals surface area contributed by atoms with Crippen molar-refractivity contribution in [2.45, 2.75) is 38.6 Å². The average molecular weight is 378 g/mol. The van der Waals surface area contributed by atoms with Crippen LogP contribution in [0.5, 0.6) is 0 Å². The van der Waals surface area contributed by atoms with Gasteiger partial charge in [0.2, 0.25) is 0 Å². The molecule has 2 aliphatic rings. The van der Waals surface area contributed by atoms with Crippen LogP contribution >= 0.6 is 0 Å². The van der Waals surface area contributed by atoms with Crippen LogP contribution in [0.25, 0.3) is 11.1 Å². The van der Waals surface area contributed by atoms with Crippen LogP contribution in [0.1, 0.15) is 35.6 Å². The SMILES string of the molecule is Cc1cccc(C2CNNC2C2CCN(c3ncnc4onc(C)c34)CC2)c1. The third kappa shape index (κ3) is 3.04. The summed E-state index contributed by atoms with van der Waals surface area (Å²) in [7, 11) is 0. The first kappa shape index (κ1) is 17.6. The number of nitrogens with one attached hydrogen (secondary N) is 2. The van der Waals surface area contributed by atoms with Crippen LogP contribution in [0.15, 0.2) is 35.1 Å². The van der Waals surface area contributed by atoms with Crippen LogP contribution in [0.4, 0.5) is 5.82 Å². The summed E-state index contributed by atoms with van der Waals surface area (Å²) in [5, 5.41) is 5.00. The number of hydrazine groups is 1. The van der Waals surface area contributed by atoms with E-state index in [1.807, 2.05) is 6.92 Å². The topological polar surface area (TPSA) is 79.1 Å². The number of nitrogens with zero attached hydrogens (tertiary/aromatic N) is 4.